The fraction of sp³-hybridized carbons (Fsp3) is 0.588. The van der Waals surface area contributed by atoms with Crippen LogP contribution in [0.25, 0.3) is 0 Å². The number of hydrogen-bond donors (Lipinski definition) is 0. The van der Waals surface area contributed by atoms with Crippen molar-refractivity contribution in [3.05, 3.63) is 35.4 Å². The van der Waals surface area contributed by atoms with Crippen LogP contribution in [-0.2, 0) is 10.2 Å². The molecule has 0 bridgehead atoms. The number of halogens is 1. The molecule has 106 valence electrons. The highest BCUT2D eigenvalue weighted by atomic mass is 79.9. The van der Waals surface area contributed by atoms with Gasteiger partial charge in [0.25, 0.3) is 0 Å². The Bertz CT molecular complexity index is 438. The summed E-state index contributed by atoms with van der Waals surface area (Å²) in [6.45, 7) is 12.9. The summed E-state index contributed by atoms with van der Waals surface area (Å²) in [6.07, 6.45) is 0. The molecule has 0 atom stereocenters. The van der Waals surface area contributed by atoms with Crippen LogP contribution in [0.15, 0.2) is 24.3 Å². The summed E-state index contributed by atoms with van der Waals surface area (Å²) in [4.78, 5) is 12.4. The monoisotopic (exact) mass is 324 g/mol. The van der Waals surface area contributed by atoms with Crippen molar-refractivity contribution in [2.75, 3.05) is 0 Å². The lowest BCUT2D eigenvalue weighted by Gasteiger charge is -2.40. The van der Waals surface area contributed by atoms with Gasteiger partial charge in [-0.05, 0) is 44.8 Å². The van der Waals surface area contributed by atoms with Crippen LogP contribution in [0.1, 0.15) is 58.6 Å². The molecule has 2 heteroatoms. The van der Waals surface area contributed by atoms with Crippen LogP contribution in [0, 0.1) is 11.8 Å². The first-order chi connectivity index (χ1) is 8.76. The maximum absolute atomic E-state index is 12.4. The van der Waals surface area contributed by atoms with E-state index in [-0.39, 0.29) is 16.5 Å². The average molecular weight is 325 g/mol. The van der Waals surface area contributed by atoms with Crippen LogP contribution >= 0.6 is 15.9 Å². The van der Waals surface area contributed by atoms with E-state index in [9.17, 15) is 4.79 Å². The van der Waals surface area contributed by atoms with E-state index < -0.39 is 5.41 Å². The molecular formula is C17H25BrO. The Kier molecular flexibility index (Phi) is 5.37. The Hall–Kier alpha value is -0.630. The highest BCUT2D eigenvalue weighted by Crippen LogP contribution is 2.44. The molecular weight excluding hydrogens is 300 g/mol. The van der Waals surface area contributed by atoms with Crippen LogP contribution in [0.2, 0.25) is 0 Å². The van der Waals surface area contributed by atoms with Crippen molar-refractivity contribution in [3.8, 4) is 0 Å². The highest BCUT2D eigenvalue weighted by Gasteiger charge is 2.45. The second-order valence-electron chi connectivity index (χ2n) is 6.19. The summed E-state index contributed by atoms with van der Waals surface area (Å²) in [5.74, 6) is 0.915. The zero-order chi connectivity index (χ0) is 14.8. The summed E-state index contributed by atoms with van der Waals surface area (Å²) < 4.78 is 0.0955. The molecule has 1 aromatic carbocycles. The van der Waals surface area contributed by atoms with Gasteiger partial charge in [0, 0.05) is 0 Å². The molecule has 1 rings (SSSR count). The van der Waals surface area contributed by atoms with Gasteiger partial charge < -0.3 is 0 Å². The lowest BCUT2D eigenvalue weighted by Crippen LogP contribution is -2.44. The molecule has 1 aromatic rings. The standard InChI is InChI=1S/C17H25BrO/c1-11(2)14-9-7-8-10-15(14)17(12(3)4,13(5)6)16(18)19/h7-13H,1-6H3. The van der Waals surface area contributed by atoms with Gasteiger partial charge in [-0.1, -0.05) is 65.8 Å². The fourth-order valence-corrected chi connectivity index (χ4v) is 4.35. The van der Waals surface area contributed by atoms with E-state index in [0.717, 1.165) is 0 Å². The van der Waals surface area contributed by atoms with Crippen molar-refractivity contribution >= 4 is 20.6 Å². The van der Waals surface area contributed by atoms with Gasteiger partial charge in [0.2, 0.25) is 4.69 Å². The summed E-state index contributed by atoms with van der Waals surface area (Å²) in [6, 6.07) is 8.36. The van der Waals surface area contributed by atoms with Crippen LogP contribution in [0.3, 0.4) is 0 Å². The Morgan fingerprint density at radius 2 is 1.47 bits per heavy atom. The van der Waals surface area contributed by atoms with Crippen LogP contribution in [-0.4, -0.2) is 4.69 Å². The molecule has 0 fully saturated rings. The van der Waals surface area contributed by atoms with Crippen LogP contribution in [0.4, 0.5) is 0 Å². The van der Waals surface area contributed by atoms with Gasteiger partial charge in [-0.25, -0.2) is 0 Å². The van der Waals surface area contributed by atoms with Crippen molar-refractivity contribution in [2.45, 2.75) is 52.9 Å². The Balaban J connectivity index is 3.63. The fourth-order valence-electron chi connectivity index (χ4n) is 3.23. The topological polar surface area (TPSA) is 17.1 Å². The minimum Gasteiger partial charge on any atom is -0.286 e. The second kappa shape index (κ2) is 6.21. The van der Waals surface area contributed by atoms with Gasteiger partial charge in [0.1, 0.15) is 0 Å². The molecule has 19 heavy (non-hydrogen) atoms. The van der Waals surface area contributed by atoms with Gasteiger partial charge in [-0.3, -0.25) is 4.79 Å². The molecule has 1 nitrogen and oxygen atoms in total. The van der Waals surface area contributed by atoms with Crippen molar-refractivity contribution in [1.29, 1.82) is 0 Å². The van der Waals surface area contributed by atoms with Crippen LogP contribution < -0.4 is 0 Å². The van der Waals surface area contributed by atoms with E-state index in [4.69, 9.17) is 0 Å². The Labute approximate surface area is 125 Å². The minimum atomic E-state index is -0.457. The van der Waals surface area contributed by atoms with Gasteiger partial charge in [0.05, 0.1) is 5.41 Å². The van der Waals surface area contributed by atoms with E-state index in [1.54, 1.807) is 0 Å². The first-order valence-electron chi connectivity index (χ1n) is 7.05. The summed E-state index contributed by atoms with van der Waals surface area (Å²) in [7, 11) is 0. The van der Waals surface area contributed by atoms with E-state index in [2.05, 4.69) is 75.7 Å². The number of benzene rings is 1. The van der Waals surface area contributed by atoms with Gasteiger partial charge in [-0.2, -0.15) is 0 Å². The first-order valence-corrected chi connectivity index (χ1v) is 7.84. The van der Waals surface area contributed by atoms with Crippen molar-refractivity contribution in [3.63, 3.8) is 0 Å². The molecule has 0 aliphatic carbocycles. The lowest BCUT2D eigenvalue weighted by molar-refractivity contribution is -0.118. The van der Waals surface area contributed by atoms with Gasteiger partial charge >= 0.3 is 0 Å². The molecule has 0 aliphatic rings. The van der Waals surface area contributed by atoms with E-state index in [1.165, 1.54) is 11.1 Å². The van der Waals surface area contributed by atoms with Crippen molar-refractivity contribution < 1.29 is 4.79 Å². The van der Waals surface area contributed by atoms with Crippen molar-refractivity contribution in [1.82, 2.24) is 0 Å². The van der Waals surface area contributed by atoms with Gasteiger partial charge in [0.15, 0.2) is 0 Å². The normalized spacial score (nSPS) is 12.5. The number of rotatable bonds is 5. The first kappa shape index (κ1) is 16.4. The molecule has 0 heterocycles. The quantitative estimate of drug-likeness (QED) is 0.673. The third kappa shape index (κ3) is 2.79. The second-order valence-corrected chi connectivity index (χ2v) is 6.91. The molecule has 0 spiro atoms. The smallest absolute Gasteiger partial charge is 0.208 e. The molecule has 0 N–H and O–H groups in total. The largest absolute Gasteiger partial charge is 0.286 e. The maximum Gasteiger partial charge on any atom is 0.208 e. The van der Waals surface area contributed by atoms with E-state index in [0.29, 0.717) is 5.92 Å². The summed E-state index contributed by atoms with van der Waals surface area (Å²) in [5, 5.41) is 0. The summed E-state index contributed by atoms with van der Waals surface area (Å²) >= 11 is 3.28. The molecule has 0 saturated heterocycles. The summed E-state index contributed by atoms with van der Waals surface area (Å²) in [5.41, 5.74) is 2.00. The zero-order valence-electron chi connectivity index (χ0n) is 12.8. The molecule has 0 amide bonds. The SMILES string of the molecule is CC(C)c1ccccc1C(C(=O)Br)(C(C)C)C(C)C. The highest BCUT2D eigenvalue weighted by molar-refractivity contribution is 9.18. The lowest BCUT2D eigenvalue weighted by atomic mass is 9.63. The third-order valence-corrected chi connectivity index (χ3v) is 4.83. The molecule has 0 saturated carbocycles. The zero-order valence-corrected chi connectivity index (χ0v) is 14.4. The Morgan fingerprint density at radius 3 is 1.84 bits per heavy atom. The van der Waals surface area contributed by atoms with E-state index in [1.807, 2.05) is 6.07 Å². The van der Waals surface area contributed by atoms with Crippen molar-refractivity contribution in [2.24, 2.45) is 11.8 Å². The number of carbonyl (C=O) groups is 1. The van der Waals surface area contributed by atoms with Crippen LogP contribution in [0.5, 0.6) is 0 Å². The molecule has 0 aliphatic heterocycles. The predicted octanol–water partition coefficient (Wildman–Crippen LogP) is 5.28. The minimum absolute atomic E-state index is 0.0955. The molecule has 0 radical (unpaired) electrons. The van der Waals surface area contributed by atoms with E-state index >= 15 is 0 Å². The number of carbonyl (C=O) groups excluding carboxylic acids is 1. The average Bonchev–Trinajstić information content (AvgIpc) is 2.28. The Morgan fingerprint density at radius 1 is 1.00 bits per heavy atom. The number of hydrogen-bond acceptors (Lipinski definition) is 1. The van der Waals surface area contributed by atoms with Gasteiger partial charge in [-0.15, -0.1) is 0 Å². The maximum atomic E-state index is 12.4. The molecule has 0 aromatic heterocycles. The molecule has 0 unspecified atom stereocenters. The predicted molar refractivity (Wildman–Crippen MR) is 85.8 cm³/mol. The third-order valence-electron chi connectivity index (χ3n) is 4.18.